The zero-order chi connectivity index (χ0) is 14.6. The highest BCUT2D eigenvalue weighted by molar-refractivity contribution is 6.21. The largest absolute Gasteiger partial charge is 0.340 e. The Morgan fingerprint density at radius 3 is 2.90 bits per heavy atom. The number of fused-ring (bicyclic) bond motifs is 6. The molecule has 0 bridgehead atoms. The fourth-order valence-corrected chi connectivity index (χ4v) is 2.72. The van der Waals surface area contributed by atoms with Crippen molar-refractivity contribution in [1.29, 1.82) is 0 Å². The number of aromatic amines is 2. The molecule has 0 aliphatic heterocycles. The second-order valence-corrected chi connectivity index (χ2v) is 4.91. The van der Waals surface area contributed by atoms with Gasteiger partial charge in [0.15, 0.2) is 0 Å². The Morgan fingerprint density at radius 2 is 2.10 bits per heavy atom. The van der Waals surface area contributed by atoms with Gasteiger partial charge in [-0.1, -0.05) is 6.92 Å². The molecule has 2 aromatic heterocycles. The van der Waals surface area contributed by atoms with Gasteiger partial charge in [0.05, 0.1) is 22.7 Å². The first-order chi connectivity index (χ1) is 10.2. The fourth-order valence-electron chi connectivity index (χ4n) is 2.72. The van der Waals surface area contributed by atoms with Crippen molar-refractivity contribution in [2.24, 2.45) is 0 Å². The van der Waals surface area contributed by atoms with Crippen LogP contribution < -0.4 is 5.56 Å². The molecule has 2 N–H and O–H groups in total. The predicted molar refractivity (Wildman–Crippen MR) is 78.9 cm³/mol. The molecule has 4 aromatic rings. The SMILES string of the molecule is CCc1nc2c3ccc(F)cc3c3c(=O)[nH]cnc3c2[nH]1. The van der Waals surface area contributed by atoms with Gasteiger partial charge in [0.1, 0.15) is 17.2 Å². The topological polar surface area (TPSA) is 74.4 Å². The minimum atomic E-state index is -0.391. The van der Waals surface area contributed by atoms with Gasteiger partial charge in [-0.15, -0.1) is 0 Å². The Hall–Kier alpha value is -2.76. The number of H-pyrrole nitrogens is 2. The van der Waals surface area contributed by atoms with E-state index in [1.54, 1.807) is 6.07 Å². The molecule has 6 heteroatoms. The average molecular weight is 282 g/mol. The van der Waals surface area contributed by atoms with Crippen molar-refractivity contribution in [1.82, 2.24) is 19.9 Å². The first-order valence-corrected chi connectivity index (χ1v) is 6.66. The first-order valence-electron chi connectivity index (χ1n) is 6.66. The van der Waals surface area contributed by atoms with E-state index >= 15 is 0 Å². The Kier molecular flexibility index (Phi) is 2.35. The standard InChI is InChI=1S/C15H11FN4O/c1-2-10-19-12-8-4-3-7(16)5-9(8)11-13(14(12)20-10)17-6-18-15(11)21/h3-6H,2H2,1H3,(H,19,20)(H,17,18,21). The quantitative estimate of drug-likeness (QED) is 0.527. The van der Waals surface area contributed by atoms with E-state index in [9.17, 15) is 9.18 Å². The van der Waals surface area contributed by atoms with Crippen LogP contribution in [0.4, 0.5) is 4.39 Å². The second kappa shape index (κ2) is 4.12. The van der Waals surface area contributed by atoms with E-state index < -0.39 is 5.82 Å². The van der Waals surface area contributed by atoms with E-state index in [4.69, 9.17) is 0 Å². The smallest absolute Gasteiger partial charge is 0.259 e. The van der Waals surface area contributed by atoms with Gasteiger partial charge < -0.3 is 9.97 Å². The van der Waals surface area contributed by atoms with Crippen molar-refractivity contribution in [3.8, 4) is 0 Å². The lowest BCUT2D eigenvalue weighted by Crippen LogP contribution is -2.07. The highest BCUT2D eigenvalue weighted by Gasteiger charge is 2.15. The predicted octanol–water partition coefficient (Wildman–Crippen LogP) is 2.65. The zero-order valence-corrected chi connectivity index (χ0v) is 11.2. The first kappa shape index (κ1) is 12.0. The maximum absolute atomic E-state index is 13.6. The molecular weight excluding hydrogens is 271 g/mol. The van der Waals surface area contributed by atoms with Crippen LogP contribution in [0.5, 0.6) is 0 Å². The average Bonchev–Trinajstić information content (AvgIpc) is 2.91. The number of imidazole rings is 1. The van der Waals surface area contributed by atoms with Crippen LogP contribution in [0, 0.1) is 5.82 Å². The number of hydrogen-bond acceptors (Lipinski definition) is 3. The Labute approximate surface area is 117 Å². The van der Waals surface area contributed by atoms with Crippen molar-refractivity contribution in [2.75, 3.05) is 0 Å². The van der Waals surface area contributed by atoms with Crippen molar-refractivity contribution in [2.45, 2.75) is 13.3 Å². The van der Waals surface area contributed by atoms with Gasteiger partial charge in [-0.3, -0.25) is 4.79 Å². The molecule has 0 saturated heterocycles. The van der Waals surface area contributed by atoms with E-state index in [1.807, 2.05) is 6.92 Å². The summed E-state index contributed by atoms with van der Waals surface area (Å²) in [5, 5.41) is 1.65. The summed E-state index contributed by atoms with van der Waals surface area (Å²) in [5.74, 6) is 0.419. The molecule has 0 radical (unpaired) electrons. The van der Waals surface area contributed by atoms with Crippen LogP contribution in [0.25, 0.3) is 32.7 Å². The molecule has 2 heterocycles. The summed E-state index contributed by atoms with van der Waals surface area (Å²) in [7, 11) is 0. The van der Waals surface area contributed by atoms with E-state index in [2.05, 4.69) is 19.9 Å². The van der Waals surface area contributed by atoms with Gasteiger partial charge in [0.2, 0.25) is 0 Å². The number of benzene rings is 2. The molecule has 0 saturated carbocycles. The third-order valence-corrected chi connectivity index (χ3v) is 3.68. The van der Waals surface area contributed by atoms with Crippen LogP contribution in [-0.4, -0.2) is 19.9 Å². The summed E-state index contributed by atoms with van der Waals surface area (Å²) in [6.07, 6.45) is 2.09. The Bertz CT molecular complexity index is 1060. The summed E-state index contributed by atoms with van der Waals surface area (Å²) in [6, 6.07) is 4.38. The minimum absolute atomic E-state index is 0.287. The third-order valence-electron chi connectivity index (χ3n) is 3.68. The molecule has 21 heavy (non-hydrogen) atoms. The highest BCUT2D eigenvalue weighted by Crippen LogP contribution is 2.31. The van der Waals surface area contributed by atoms with Gasteiger partial charge in [0, 0.05) is 17.2 Å². The summed E-state index contributed by atoms with van der Waals surface area (Å²) >= 11 is 0. The van der Waals surface area contributed by atoms with Crippen LogP contribution in [0.1, 0.15) is 12.7 Å². The van der Waals surface area contributed by atoms with E-state index in [0.29, 0.717) is 27.3 Å². The van der Waals surface area contributed by atoms with Gasteiger partial charge >= 0.3 is 0 Å². The van der Waals surface area contributed by atoms with Crippen LogP contribution >= 0.6 is 0 Å². The summed E-state index contributed by atoms with van der Waals surface area (Å²) < 4.78 is 13.6. The van der Waals surface area contributed by atoms with Crippen LogP contribution in [0.15, 0.2) is 29.3 Å². The molecule has 0 spiro atoms. The maximum Gasteiger partial charge on any atom is 0.259 e. The van der Waals surface area contributed by atoms with E-state index in [1.165, 1.54) is 18.5 Å². The van der Waals surface area contributed by atoms with Crippen molar-refractivity contribution >= 4 is 32.7 Å². The van der Waals surface area contributed by atoms with Gasteiger partial charge in [0.25, 0.3) is 5.56 Å². The molecule has 0 aliphatic rings. The minimum Gasteiger partial charge on any atom is -0.340 e. The molecule has 0 fully saturated rings. The summed E-state index contributed by atoms with van der Waals surface area (Å²) in [6.45, 7) is 1.99. The molecule has 0 unspecified atom stereocenters. The maximum atomic E-state index is 13.6. The third kappa shape index (κ3) is 1.59. The van der Waals surface area contributed by atoms with Gasteiger partial charge in [-0.05, 0) is 18.2 Å². The molecule has 5 nitrogen and oxygen atoms in total. The monoisotopic (exact) mass is 282 g/mol. The van der Waals surface area contributed by atoms with Crippen molar-refractivity contribution in [3.05, 3.63) is 46.5 Å². The van der Waals surface area contributed by atoms with Gasteiger partial charge in [-0.25, -0.2) is 14.4 Å². The number of nitrogens with zero attached hydrogens (tertiary/aromatic N) is 2. The van der Waals surface area contributed by atoms with E-state index in [-0.39, 0.29) is 5.56 Å². The lowest BCUT2D eigenvalue weighted by molar-refractivity contribution is 0.630. The lowest BCUT2D eigenvalue weighted by Gasteiger charge is -2.04. The molecule has 2 aromatic carbocycles. The molecule has 104 valence electrons. The second-order valence-electron chi connectivity index (χ2n) is 4.91. The number of aryl methyl sites for hydroxylation is 1. The summed E-state index contributed by atoms with van der Waals surface area (Å²) in [4.78, 5) is 26.7. The van der Waals surface area contributed by atoms with Crippen LogP contribution in [-0.2, 0) is 6.42 Å². The van der Waals surface area contributed by atoms with Gasteiger partial charge in [-0.2, -0.15) is 0 Å². The van der Waals surface area contributed by atoms with Crippen molar-refractivity contribution in [3.63, 3.8) is 0 Å². The fraction of sp³-hybridized carbons (Fsp3) is 0.133. The number of rotatable bonds is 1. The number of nitrogens with one attached hydrogen (secondary N) is 2. The Balaban J connectivity index is 2.41. The molecule has 0 amide bonds. The normalized spacial score (nSPS) is 11.7. The molecule has 0 aliphatic carbocycles. The number of aromatic nitrogens is 4. The van der Waals surface area contributed by atoms with Crippen molar-refractivity contribution < 1.29 is 4.39 Å². The van der Waals surface area contributed by atoms with Crippen LogP contribution in [0.3, 0.4) is 0 Å². The number of halogens is 1. The zero-order valence-electron chi connectivity index (χ0n) is 11.2. The molecule has 0 atom stereocenters. The summed E-state index contributed by atoms with van der Waals surface area (Å²) in [5.41, 5.74) is 1.66. The molecule has 4 rings (SSSR count). The van der Waals surface area contributed by atoms with Crippen LogP contribution in [0.2, 0.25) is 0 Å². The van der Waals surface area contributed by atoms with E-state index in [0.717, 1.165) is 17.6 Å². The lowest BCUT2D eigenvalue weighted by atomic mass is 10.0. The molecular formula is C15H11FN4O. The Morgan fingerprint density at radius 1 is 1.24 bits per heavy atom. The highest BCUT2D eigenvalue weighted by atomic mass is 19.1. The number of hydrogen-bond donors (Lipinski definition) is 2.